The van der Waals surface area contributed by atoms with E-state index < -0.39 is 0 Å². The van der Waals surface area contributed by atoms with Crippen molar-refractivity contribution < 1.29 is 4.74 Å². The highest BCUT2D eigenvalue weighted by Crippen LogP contribution is 1.95. The number of unbranched alkanes of at least 4 members (excludes halogenated alkanes) is 2. The van der Waals surface area contributed by atoms with Crippen LogP contribution < -0.4 is 0 Å². The summed E-state index contributed by atoms with van der Waals surface area (Å²) in [5.41, 5.74) is 0. The first-order valence-electron chi connectivity index (χ1n) is 6.98. The number of hydrogen-bond donors (Lipinski definition) is 0. The Balaban J connectivity index is -0.000000376. The quantitative estimate of drug-likeness (QED) is 0.583. The van der Waals surface area contributed by atoms with E-state index in [4.69, 9.17) is 4.74 Å². The SMILES string of the molecule is CC.CC.CCCCN(C)CCCCOC. The zero-order valence-electron chi connectivity index (χ0n) is 12.8. The molecule has 0 unspecified atom stereocenters. The fraction of sp³-hybridized carbons (Fsp3) is 1.00. The lowest BCUT2D eigenvalue weighted by atomic mass is 10.3. The lowest BCUT2D eigenvalue weighted by molar-refractivity contribution is 0.187. The first-order chi connectivity index (χ1) is 7.81. The molecule has 0 aliphatic heterocycles. The molecule has 0 rings (SSSR count). The summed E-state index contributed by atoms with van der Waals surface area (Å²) in [6.07, 6.45) is 5.06. The molecule has 16 heavy (non-hydrogen) atoms. The highest BCUT2D eigenvalue weighted by Gasteiger charge is 1.95. The topological polar surface area (TPSA) is 12.5 Å². The van der Waals surface area contributed by atoms with Gasteiger partial charge in [-0.05, 0) is 39.4 Å². The van der Waals surface area contributed by atoms with Crippen molar-refractivity contribution in [3.63, 3.8) is 0 Å². The van der Waals surface area contributed by atoms with E-state index in [0.717, 1.165) is 6.61 Å². The van der Waals surface area contributed by atoms with E-state index in [9.17, 15) is 0 Å². The molecule has 0 fully saturated rings. The molecule has 2 heteroatoms. The van der Waals surface area contributed by atoms with Crippen LogP contribution in [0.15, 0.2) is 0 Å². The molecule has 0 radical (unpaired) electrons. The van der Waals surface area contributed by atoms with Crippen molar-refractivity contribution in [2.75, 3.05) is 33.9 Å². The molecule has 0 aliphatic rings. The van der Waals surface area contributed by atoms with Crippen LogP contribution in [0.5, 0.6) is 0 Å². The molecule has 0 amide bonds. The highest BCUT2D eigenvalue weighted by molar-refractivity contribution is 4.51. The minimum absolute atomic E-state index is 0.904. The predicted octanol–water partition coefficient (Wildman–Crippen LogP) is 4.20. The van der Waals surface area contributed by atoms with Crippen LogP contribution in [0.4, 0.5) is 0 Å². The fourth-order valence-electron chi connectivity index (χ4n) is 1.17. The van der Waals surface area contributed by atoms with Crippen LogP contribution >= 0.6 is 0 Å². The van der Waals surface area contributed by atoms with Crippen LogP contribution in [-0.4, -0.2) is 38.8 Å². The molecule has 0 aliphatic carbocycles. The first kappa shape index (κ1) is 21.2. The minimum atomic E-state index is 0.904. The molecule has 0 spiro atoms. The normalized spacial score (nSPS) is 9.00. The summed E-state index contributed by atoms with van der Waals surface area (Å²) in [6.45, 7) is 13.6. The Morgan fingerprint density at radius 2 is 1.38 bits per heavy atom. The Morgan fingerprint density at radius 3 is 1.81 bits per heavy atom. The maximum Gasteiger partial charge on any atom is 0.0462 e. The Labute approximate surface area is 104 Å². The maximum atomic E-state index is 4.99. The van der Waals surface area contributed by atoms with Gasteiger partial charge in [-0.2, -0.15) is 0 Å². The summed E-state index contributed by atoms with van der Waals surface area (Å²) in [7, 11) is 3.96. The number of methoxy groups -OCH3 is 1. The number of ether oxygens (including phenoxy) is 1. The van der Waals surface area contributed by atoms with Gasteiger partial charge >= 0.3 is 0 Å². The second-order valence-electron chi connectivity index (χ2n) is 3.36. The summed E-state index contributed by atoms with van der Waals surface area (Å²) in [6, 6.07) is 0. The van der Waals surface area contributed by atoms with E-state index >= 15 is 0 Å². The van der Waals surface area contributed by atoms with Gasteiger partial charge in [-0.25, -0.2) is 0 Å². The molecule has 0 atom stereocenters. The lowest BCUT2D eigenvalue weighted by Crippen LogP contribution is -2.20. The smallest absolute Gasteiger partial charge is 0.0462 e. The molecule has 0 heterocycles. The Hall–Kier alpha value is -0.0800. The van der Waals surface area contributed by atoms with Gasteiger partial charge in [0.25, 0.3) is 0 Å². The molecule has 0 saturated heterocycles. The molecule has 0 N–H and O–H groups in total. The van der Waals surface area contributed by atoms with E-state index in [1.54, 1.807) is 7.11 Å². The number of rotatable bonds is 8. The van der Waals surface area contributed by atoms with E-state index in [0.29, 0.717) is 0 Å². The molecule has 0 saturated carbocycles. The molecular formula is C14H35NO. The number of hydrogen-bond acceptors (Lipinski definition) is 2. The predicted molar refractivity (Wildman–Crippen MR) is 76.2 cm³/mol. The van der Waals surface area contributed by atoms with Gasteiger partial charge < -0.3 is 9.64 Å². The van der Waals surface area contributed by atoms with E-state index in [-0.39, 0.29) is 0 Å². The van der Waals surface area contributed by atoms with Crippen molar-refractivity contribution in [3.05, 3.63) is 0 Å². The van der Waals surface area contributed by atoms with Crippen LogP contribution in [0.3, 0.4) is 0 Å². The Kier molecular flexibility index (Phi) is 32.2. The van der Waals surface area contributed by atoms with Crippen molar-refractivity contribution in [1.29, 1.82) is 0 Å². The summed E-state index contributed by atoms with van der Waals surface area (Å²) in [5, 5.41) is 0. The Morgan fingerprint density at radius 1 is 0.875 bits per heavy atom. The summed E-state index contributed by atoms with van der Waals surface area (Å²) >= 11 is 0. The van der Waals surface area contributed by atoms with Crippen molar-refractivity contribution in [3.8, 4) is 0 Å². The van der Waals surface area contributed by atoms with E-state index in [2.05, 4.69) is 18.9 Å². The van der Waals surface area contributed by atoms with Gasteiger partial charge in [0.05, 0.1) is 0 Å². The van der Waals surface area contributed by atoms with Gasteiger partial charge in [0.15, 0.2) is 0 Å². The van der Waals surface area contributed by atoms with E-state index in [1.165, 1.54) is 38.8 Å². The summed E-state index contributed by atoms with van der Waals surface area (Å²) < 4.78 is 4.99. The summed E-state index contributed by atoms with van der Waals surface area (Å²) in [5.74, 6) is 0. The Bertz CT molecular complexity index is 86.8. The molecule has 0 aromatic heterocycles. The molecular weight excluding hydrogens is 198 g/mol. The average molecular weight is 233 g/mol. The van der Waals surface area contributed by atoms with Crippen molar-refractivity contribution in [2.24, 2.45) is 0 Å². The van der Waals surface area contributed by atoms with Crippen LogP contribution in [0.25, 0.3) is 0 Å². The molecule has 0 aromatic carbocycles. The highest BCUT2D eigenvalue weighted by atomic mass is 16.5. The molecule has 102 valence electrons. The third-order valence-electron chi connectivity index (χ3n) is 2.03. The fourth-order valence-corrected chi connectivity index (χ4v) is 1.17. The second kappa shape index (κ2) is 24.2. The third-order valence-corrected chi connectivity index (χ3v) is 2.03. The monoisotopic (exact) mass is 233 g/mol. The summed E-state index contributed by atoms with van der Waals surface area (Å²) in [4.78, 5) is 2.40. The van der Waals surface area contributed by atoms with Gasteiger partial charge in [-0.1, -0.05) is 41.0 Å². The third kappa shape index (κ3) is 23.6. The standard InChI is InChI=1S/C10H23NO.2C2H6/c1-4-5-8-11(2)9-6-7-10-12-3;2*1-2/h4-10H2,1-3H3;2*1-2H3. The van der Waals surface area contributed by atoms with Gasteiger partial charge in [0.1, 0.15) is 0 Å². The van der Waals surface area contributed by atoms with Gasteiger partial charge in [0.2, 0.25) is 0 Å². The largest absolute Gasteiger partial charge is 0.385 e. The van der Waals surface area contributed by atoms with Crippen molar-refractivity contribution in [2.45, 2.75) is 60.3 Å². The average Bonchev–Trinajstić information content (AvgIpc) is 2.37. The van der Waals surface area contributed by atoms with Crippen LogP contribution in [0.1, 0.15) is 60.3 Å². The van der Waals surface area contributed by atoms with Gasteiger partial charge in [-0.15, -0.1) is 0 Å². The van der Waals surface area contributed by atoms with Crippen LogP contribution in [0.2, 0.25) is 0 Å². The van der Waals surface area contributed by atoms with Gasteiger partial charge in [0, 0.05) is 13.7 Å². The first-order valence-corrected chi connectivity index (χ1v) is 6.98. The van der Waals surface area contributed by atoms with Crippen molar-refractivity contribution >= 4 is 0 Å². The van der Waals surface area contributed by atoms with Gasteiger partial charge in [-0.3, -0.25) is 0 Å². The molecule has 0 bridgehead atoms. The molecule has 0 aromatic rings. The van der Waals surface area contributed by atoms with Crippen molar-refractivity contribution in [1.82, 2.24) is 4.90 Å². The zero-order chi connectivity index (χ0) is 13.2. The van der Waals surface area contributed by atoms with Crippen LogP contribution in [-0.2, 0) is 4.74 Å². The van der Waals surface area contributed by atoms with E-state index in [1.807, 2.05) is 27.7 Å². The lowest BCUT2D eigenvalue weighted by Gasteiger charge is -2.15. The molecule has 2 nitrogen and oxygen atoms in total. The van der Waals surface area contributed by atoms with Crippen LogP contribution in [0, 0.1) is 0 Å². The number of nitrogens with zero attached hydrogens (tertiary/aromatic N) is 1. The zero-order valence-corrected chi connectivity index (χ0v) is 12.8. The maximum absolute atomic E-state index is 4.99. The minimum Gasteiger partial charge on any atom is -0.385 e. The second-order valence-corrected chi connectivity index (χ2v) is 3.36.